The average Bonchev–Trinajstić information content (AvgIpc) is 3.05. The number of hydrogen-bond acceptors (Lipinski definition) is 4. The molecule has 1 aliphatic heterocycles. The second kappa shape index (κ2) is 5.86. The molecule has 1 fully saturated rings. The molecule has 0 aliphatic carbocycles. The van der Waals surface area contributed by atoms with Gasteiger partial charge in [0.05, 0.1) is 11.3 Å². The van der Waals surface area contributed by atoms with Gasteiger partial charge in [0.15, 0.2) is 0 Å². The Kier molecular flexibility index (Phi) is 3.01. The number of nitriles is 1. The number of para-hydroxylation sites is 1. The van der Waals surface area contributed by atoms with Crippen molar-refractivity contribution in [3.63, 3.8) is 0 Å². The predicted octanol–water partition coefficient (Wildman–Crippen LogP) is 2.83. The number of benzene rings is 1. The fourth-order valence-corrected chi connectivity index (χ4v) is 3.43. The molecule has 0 amide bonds. The molecule has 0 bridgehead atoms. The molecule has 0 N–H and O–H groups in total. The highest BCUT2D eigenvalue weighted by molar-refractivity contribution is 9.10. The van der Waals surface area contributed by atoms with Crippen LogP contribution in [0, 0.1) is 11.3 Å². The van der Waals surface area contributed by atoms with E-state index in [1.807, 2.05) is 12.1 Å². The Labute approximate surface area is 136 Å². The Balaban J connectivity index is 1.79. The lowest BCUT2D eigenvalue weighted by Gasteiger charge is -2.34. The van der Waals surface area contributed by atoms with E-state index in [1.165, 1.54) is 10.9 Å². The van der Waals surface area contributed by atoms with E-state index in [4.69, 9.17) is 4.11 Å². The summed E-state index contributed by atoms with van der Waals surface area (Å²) in [5.74, 6) is 0.569. The lowest BCUT2D eigenvalue weighted by molar-refractivity contribution is 0.474. The first kappa shape index (κ1) is 10.8. The van der Waals surface area contributed by atoms with E-state index in [2.05, 4.69) is 37.1 Å². The highest BCUT2D eigenvalue weighted by atomic mass is 79.9. The van der Waals surface area contributed by atoms with Crippen LogP contribution in [0.3, 0.4) is 0 Å². The quantitative estimate of drug-likeness (QED) is 0.837. The lowest BCUT2D eigenvalue weighted by atomic mass is 9.95. The summed E-state index contributed by atoms with van der Waals surface area (Å²) in [7, 11) is 0. The number of hydrogen-bond donors (Lipinski definition) is 0. The maximum atomic E-state index is 9.32. The molecular weight excluding hydrogens is 330 g/mol. The summed E-state index contributed by atoms with van der Waals surface area (Å²) in [6, 6.07) is 7.80. The Hall–Kier alpha value is -1.87. The van der Waals surface area contributed by atoms with Gasteiger partial charge in [-0.25, -0.2) is 0 Å². The summed E-state index contributed by atoms with van der Waals surface area (Å²) in [5, 5.41) is 17.1. The minimum absolute atomic E-state index is 0.0530. The van der Waals surface area contributed by atoms with Crippen LogP contribution in [0.5, 0.6) is 0 Å². The van der Waals surface area contributed by atoms with Crippen molar-refractivity contribution in [1.29, 1.82) is 5.26 Å². The van der Waals surface area contributed by atoms with Crippen LogP contribution in [0.15, 0.2) is 29.0 Å². The molecular formula is C15H16BrN5. The maximum absolute atomic E-state index is 9.32. The summed E-state index contributed by atoms with van der Waals surface area (Å²) in [6.07, 6.45) is 2.80. The largest absolute Gasteiger partial charge is 0.370 e. The molecule has 5 nitrogen and oxygen atoms in total. The summed E-state index contributed by atoms with van der Waals surface area (Å²) in [4.78, 5) is 2.16. The first-order chi connectivity index (χ1) is 11.4. The SMILES string of the molecule is [2H]C([2H])([2H])n1cnnc1C1CCN(c2c(Br)cccc2C#N)CC1. The third-order valence-electron chi connectivity index (χ3n) is 3.86. The molecule has 2 aromatic rings. The van der Waals surface area contributed by atoms with Crippen LogP contribution >= 0.6 is 15.9 Å². The topological polar surface area (TPSA) is 57.7 Å². The second-order valence-electron chi connectivity index (χ2n) is 5.07. The Morgan fingerprint density at radius 2 is 2.24 bits per heavy atom. The van der Waals surface area contributed by atoms with Gasteiger partial charge in [0.2, 0.25) is 0 Å². The van der Waals surface area contributed by atoms with Crippen LogP contribution in [0.1, 0.15) is 34.3 Å². The molecule has 1 aliphatic rings. The molecule has 108 valence electrons. The van der Waals surface area contributed by atoms with Gasteiger partial charge in [0.1, 0.15) is 18.2 Å². The molecule has 1 aromatic heterocycles. The van der Waals surface area contributed by atoms with Gasteiger partial charge in [-0.3, -0.25) is 0 Å². The summed E-state index contributed by atoms with van der Waals surface area (Å²) in [6.45, 7) is -0.794. The molecule has 6 heteroatoms. The zero-order valence-corrected chi connectivity index (χ0v) is 12.9. The molecule has 2 heterocycles. The van der Waals surface area contributed by atoms with Gasteiger partial charge < -0.3 is 9.47 Å². The van der Waals surface area contributed by atoms with Crippen LogP contribution in [-0.2, 0) is 6.98 Å². The minimum Gasteiger partial charge on any atom is -0.370 e. The summed E-state index contributed by atoms with van der Waals surface area (Å²) < 4.78 is 24.8. The first-order valence-corrected chi connectivity index (χ1v) is 7.55. The van der Waals surface area contributed by atoms with Crippen molar-refractivity contribution in [2.45, 2.75) is 18.8 Å². The highest BCUT2D eigenvalue weighted by Gasteiger charge is 2.26. The molecule has 3 rings (SSSR count). The van der Waals surface area contributed by atoms with Crippen molar-refractivity contribution in [3.05, 3.63) is 40.4 Å². The van der Waals surface area contributed by atoms with Crippen molar-refractivity contribution in [2.24, 2.45) is 6.98 Å². The summed E-state index contributed by atoms with van der Waals surface area (Å²) >= 11 is 3.52. The zero-order chi connectivity index (χ0) is 17.3. The standard InChI is InChI=1S/C15H16BrN5/c1-20-10-18-19-15(20)11-5-7-21(8-6-11)14-12(9-17)3-2-4-13(14)16/h2-4,10-11H,5-8H2,1H3/i1D3. The normalized spacial score (nSPS) is 18.7. The van der Waals surface area contributed by atoms with Crippen LogP contribution in [0.4, 0.5) is 5.69 Å². The number of anilines is 1. The Morgan fingerprint density at radius 3 is 2.95 bits per heavy atom. The van der Waals surface area contributed by atoms with Gasteiger partial charge in [-0.15, -0.1) is 10.2 Å². The van der Waals surface area contributed by atoms with Crippen LogP contribution < -0.4 is 4.90 Å². The van der Waals surface area contributed by atoms with Gasteiger partial charge in [0, 0.05) is 34.6 Å². The van der Waals surface area contributed by atoms with Crippen molar-refractivity contribution in [3.8, 4) is 6.07 Å². The number of piperidine rings is 1. The van der Waals surface area contributed by atoms with Crippen molar-refractivity contribution in [2.75, 3.05) is 18.0 Å². The number of rotatable bonds is 2. The fraction of sp³-hybridized carbons (Fsp3) is 0.400. The summed E-state index contributed by atoms with van der Waals surface area (Å²) in [5.41, 5.74) is 1.53. The van der Waals surface area contributed by atoms with E-state index in [0.29, 0.717) is 11.4 Å². The first-order valence-electron chi connectivity index (χ1n) is 8.26. The van der Waals surface area contributed by atoms with Crippen molar-refractivity contribution < 1.29 is 4.11 Å². The minimum atomic E-state index is -2.26. The number of halogens is 1. The smallest absolute Gasteiger partial charge is 0.135 e. The molecule has 0 saturated carbocycles. The van der Waals surface area contributed by atoms with Crippen molar-refractivity contribution in [1.82, 2.24) is 14.8 Å². The van der Waals surface area contributed by atoms with Gasteiger partial charge in [-0.1, -0.05) is 6.07 Å². The molecule has 0 spiro atoms. The molecule has 1 aromatic carbocycles. The molecule has 0 unspecified atom stereocenters. The molecule has 21 heavy (non-hydrogen) atoms. The van der Waals surface area contributed by atoms with Gasteiger partial charge in [-0.05, 0) is 40.9 Å². The second-order valence-corrected chi connectivity index (χ2v) is 5.92. The molecule has 0 radical (unpaired) electrons. The number of aromatic nitrogens is 3. The van der Waals surface area contributed by atoms with E-state index in [0.717, 1.165) is 36.1 Å². The lowest BCUT2D eigenvalue weighted by Crippen LogP contribution is -2.34. The monoisotopic (exact) mass is 348 g/mol. The van der Waals surface area contributed by atoms with Crippen LogP contribution in [-0.4, -0.2) is 27.9 Å². The zero-order valence-electron chi connectivity index (χ0n) is 14.3. The van der Waals surface area contributed by atoms with E-state index in [1.54, 1.807) is 6.07 Å². The van der Waals surface area contributed by atoms with Crippen LogP contribution in [0.25, 0.3) is 0 Å². The average molecular weight is 349 g/mol. The Bertz CT molecular complexity index is 772. The maximum Gasteiger partial charge on any atom is 0.135 e. The van der Waals surface area contributed by atoms with E-state index >= 15 is 0 Å². The van der Waals surface area contributed by atoms with E-state index < -0.39 is 6.98 Å². The van der Waals surface area contributed by atoms with E-state index in [-0.39, 0.29) is 5.92 Å². The van der Waals surface area contributed by atoms with Crippen molar-refractivity contribution >= 4 is 21.6 Å². The number of nitrogens with zero attached hydrogens (tertiary/aromatic N) is 5. The Morgan fingerprint density at radius 1 is 1.43 bits per heavy atom. The fourth-order valence-electron chi connectivity index (χ4n) is 2.81. The third-order valence-corrected chi connectivity index (χ3v) is 4.50. The van der Waals surface area contributed by atoms with Crippen LogP contribution in [0.2, 0.25) is 0 Å². The number of aryl methyl sites for hydroxylation is 1. The third kappa shape index (κ3) is 2.66. The predicted molar refractivity (Wildman–Crippen MR) is 84.0 cm³/mol. The van der Waals surface area contributed by atoms with Gasteiger partial charge in [-0.2, -0.15) is 5.26 Å². The van der Waals surface area contributed by atoms with E-state index in [9.17, 15) is 5.26 Å². The molecule has 1 saturated heterocycles. The van der Waals surface area contributed by atoms with Gasteiger partial charge >= 0.3 is 0 Å². The van der Waals surface area contributed by atoms with Gasteiger partial charge in [0.25, 0.3) is 0 Å². The highest BCUT2D eigenvalue weighted by Crippen LogP contribution is 2.35. The molecule has 0 atom stereocenters.